The van der Waals surface area contributed by atoms with E-state index in [1.54, 1.807) is 0 Å². The van der Waals surface area contributed by atoms with Crippen molar-refractivity contribution in [3.05, 3.63) is 34.3 Å². The fraction of sp³-hybridized carbons (Fsp3) is 0.222. The normalized spacial score (nSPS) is 12.5. The zero-order valence-corrected chi connectivity index (χ0v) is 8.12. The minimum Gasteiger partial charge on any atom is -0.321 e. The molecule has 1 rings (SSSR count). The average molecular weight is 228 g/mol. The first kappa shape index (κ1) is 9.42. The zero-order chi connectivity index (χ0) is 8.97. The molecule has 64 valence electrons. The molecular formula is C9H10BrNO. The molecule has 0 fully saturated rings. The van der Waals surface area contributed by atoms with E-state index in [1.165, 1.54) is 0 Å². The van der Waals surface area contributed by atoms with Crippen LogP contribution in [0.1, 0.15) is 5.56 Å². The summed E-state index contributed by atoms with van der Waals surface area (Å²) in [7, 11) is 0. The molecule has 2 N–H and O–H groups in total. The number of carbonyl (C=O) groups excluding carboxylic acids is 1. The van der Waals surface area contributed by atoms with Gasteiger partial charge in [-0.25, -0.2) is 0 Å². The van der Waals surface area contributed by atoms with Gasteiger partial charge in [-0.05, 0) is 24.1 Å². The standard InChI is InChI=1S/C9H10BrNO/c10-8-3-1-7(2-4-8)5-9(11)6-12/h1-4,6,9H,5,11H2. The summed E-state index contributed by atoms with van der Waals surface area (Å²) >= 11 is 3.33. The molecule has 0 aliphatic carbocycles. The van der Waals surface area contributed by atoms with Crippen LogP contribution in [-0.2, 0) is 11.2 Å². The SMILES string of the molecule is NC(C=O)Cc1ccc(Br)cc1. The Kier molecular flexibility index (Phi) is 3.44. The molecule has 0 saturated carbocycles. The van der Waals surface area contributed by atoms with E-state index in [1.807, 2.05) is 24.3 Å². The van der Waals surface area contributed by atoms with Gasteiger partial charge < -0.3 is 10.5 Å². The van der Waals surface area contributed by atoms with Crippen LogP contribution in [0.3, 0.4) is 0 Å². The molecule has 1 unspecified atom stereocenters. The van der Waals surface area contributed by atoms with Crippen LogP contribution in [0.2, 0.25) is 0 Å². The Hall–Kier alpha value is -0.670. The van der Waals surface area contributed by atoms with Crippen LogP contribution in [0.15, 0.2) is 28.7 Å². The van der Waals surface area contributed by atoms with E-state index < -0.39 is 0 Å². The van der Waals surface area contributed by atoms with Crippen molar-refractivity contribution in [1.29, 1.82) is 0 Å². The number of benzene rings is 1. The van der Waals surface area contributed by atoms with Gasteiger partial charge in [0.25, 0.3) is 0 Å². The number of carbonyl (C=O) groups is 1. The molecule has 0 bridgehead atoms. The van der Waals surface area contributed by atoms with E-state index in [0.717, 1.165) is 16.3 Å². The summed E-state index contributed by atoms with van der Waals surface area (Å²) < 4.78 is 1.03. The van der Waals surface area contributed by atoms with Gasteiger partial charge in [-0.15, -0.1) is 0 Å². The molecule has 0 spiro atoms. The van der Waals surface area contributed by atoms with E-state index in [2.05, 4.69) is 15.9 Å². The Bertz CT molecular complexity index is 258. The molecule has 0 aliphatic heterocycles. The van der Waals surface area contributed by atoms with Crippen molar-refractivity contribution in [1.82, 2.24) is 0 Å². The minimum atomic E-state index is -0.383. The van der Waals surface area contributed by atoms with Crippen LogP contribution in [0.5, 0.6) is 0 Å². The monoisotopic (exact) mass is 227 g/mol. The second-order valence-corrected chi connectivity index (χ2v) is 3.55. The summed E-state index contributed by atoms with van der Waals surface area (Å²) in [4.78, 5) is 10.2. The highest BCUT2D eigenvalue weighted by molar-refractivity contribution is 9.10. The Morgan fingerprint density at radius 2 is 2.00 bits per heavy atom. The van der Waals surface area contributed by atoms with Gasteiger partial charge in [-0.1, -0.05) is 28.1 Å². The first-order valence-corrected chi connectivity index (χ1v) is 4.47. The fourth-order valence-electron chi connectivity index (χ4n) is 0.941. The molecule has 0 aromatic heterocycles. The average Bonchev–Trinajstić information content (AvgIpc) is 2.09. The van der Waals surface area contributed by atoms with Crippen molar-refractivity contribution in [2.45, 2.75) is 12.5 Å². The Morgan fingerprint density at radius 1 is 1.42 bits per heavy atom. The molecule has 0 heterocycles. The predicted molar refractivity (Wildman–Crippen MR) is 51.9 cm³/mol. The maximum absolute atomic E-state index is 10.2. The maximum Gasteiger partial charge on any atom is 0.137 e. The number of halogens is 1. The Morgan fingerprint density at radius 3 is 2.50 bits per heavy atom. The lowest BCUT2D eigenvalue weighted by atomic mass is 10.1. The molecule has 0 radical (unpaired) electrons. The van der Waals surface area contributed by atoms with Gasteiger partial charge in [0.05, 0.1) is 6.04 Å². The van der Waals surface area contributed by atoms with Crippen molar-refractivity contribution < 1.29 is 4.79 Å². The molecule has 0 saturated heterocycles. The second kappa shape index (κ2) is 4.38. The number of hydrogen-bond donors (Lipinski definition) is 1. The zero-order valence-electron chi connectivity index (χ0n) is 6.53. The first-order chi connectivity index (χ1) is 5.72. The van der Waals surface area contributed by atoms with Crippen molar-refractivity contribution >= 4 is 22.2 Å². The van der Waals surface area contributed by atoms with E-state index in [0.29, 0.717) is 6.42 Å². The predicted octanol–water partition coefficient (Wildman–Crippen LogP) is 1.52. The number of aldehydes is 1. The van der Waals surface area contributed by atoms with Crippen LogP contribution in [-0.4, -0.2) is 12.3 Å². The van der Waals surface area contributed by atoms with Crippen LogP contribution >= 0.6 is 15.9 Å². The lowest BCUT2D eigenvalue weighted by Gasteiger charge is -2.03. The highest BCUT2D eigenvalue weighted by atomic mass is 79.9. The molecular weight excluding hydrogens is 218 g/mol. The van der Waals surface area contributed by atoms with E-state index >= 15 is 0 Å². The van der Waals surface area contributed by atoms with Gasteiger partial charge in [0.15, 0.2) is 0 Å². The molecule has 1 aromatic carbocycles. The van der Waals surface area contributed by atoms with Crippen molar-refractivity contribution in [3.63, 3.8) is 0 Å². The van der Waals surface area contributed by atoms with E-state index in [4.69, 9.17) is 5.73 Å². The van der Waals surface area contributed by atoms with Crippen LogP contribution in [0.4, 0.5) is 0 Å². The number of hydrogen-bond acceptors (Lipinski definition) is 2. The third kappa shape index (κ3) is 2.75. The molecule has 3 heteroatoms. The molecule has 12 heavy (non-hydrogen) atoms. The van der Waals surface area contributed by atoms with Crippen LogP contribution < -0.4 is 5.73 Å². The molecule has 1 atom stereocenters. The third-order valence-electron chi connectivity index (χ3n) is 1.56. The molecule has 1 aromatic rings. The lowest BCUT2D eigenvalue weighted by Crippen LogP contribution is -2.23. The summed E-state index contributed by atoms with van der Waals surface area (Å²) in [5.74, 6) is 0. The van der Waals surface area contributed by atoms with Crippen LogP contribution in [0.25, 0.3) is 0 Å². The van der Waals surface area contributed by atoms with Gasteiger partial charge >= 0.3 is 0 Å². The lowest BCUT2D eigenvalue weighted by molar-refractivity contribution is -0.108. The summed E-state index contributed by atoms with van der Waals surface area (Å²) in [6.07, 6.45) is 1.37. The highest BCUT2D eigenvalue weighted by Gasteiger charge is 2.00. The van der Waals surface area contributed by atoms with Crippen molar-refractivity contribution in [2.24, 2.45) is 5.73 Å². The third-order valence-corrected chi connectivity index (χ3v) is 2.09. The topological polar surface area (TPSA) is 43.1 Å². The Labute approximate surface area is 79.9 Å². The second-order valence-electron chi connectivity index (χ2n) is 2.63. The summed E-state index contributed by atoms with van der Waals surface area (Å²) in [6.45, 7) is 0. The summed E-state index contributed by atoms with van der Waals surface area (Å²) in [6, 6.07) is 7.40. The highest BCUT2D eigenvalue weighted by Crippen LogP contribution is 2.11. The minimum absolute atomic E-state index is 0.383. The largest absolute Gasteiger partial charge is 0.321 e. The molecule has 2 nitrogen and oxygen atoms in total. The number of rotatable bonds is 3. The van der Waals surface area contributed by atoms with Gasteiger partial charge in [-0.3, -0.25) is 0 Å². The van der Waals surface area contributed by atoms with E-state index in [9.17, 15) is 4.79 Å². The smallest absolute Gasteiger partial charge is 0.137 e. The first-order valence-electron chi connectivity index (χ1n) is 3.67. The quantitative estimate of drug-likeness (QED) is 0.797. The number of nitrogens with two attached hydrogens (primary N) is 1. The fourth-order valence-corrected chi connectivity index (χ4v) is 1.21. The van der Waals surface area contributed by atoms with Gasteiger partial charge in [0, 0.05) is 4.47 Å². The van der Waals surface area contributed by atoms with E-state index in [-0.39, 0.29) is 6.04 Å². The Balaban J connectivity index is 2.64. The summed E-state index contributed by atoms with van der Waals surface area (Å²) in [5, 5.41) is 0. The van der Waals surface area contributed by atoms with Gasteiger partial charge in [-0.2, -0.15) is 0 Å². The van der Waals surface area contributed by atoms with Crippen molar-refractivity contribution in [2.75, 3.05) is 0 Å². The molecule has 0 amide bonds. The van der Waals surface area contributed by atoms with Gasteiger partial charge in [0.2, 0.25) is 0 Å². The summed E-state index contributed by atoms with van der Waals surface area (Å²) in [5.41, 5.74) is 6.54. The van der Waals surface area contributed by atoms with Gasteiger partial charge in [0.1, 0.15) is 6.29 Å². The molecule has 0 aliphatic rings. The van der Waals surface area contributed by atoms with Crippen LogP contribution in [0, 0.1) is 0 Å². The maximum atomic E-state index is 10.2. The van der Waals surface area contributed by atoms with Crippen molar-refractivity contribution in [3.8, 4) is 0 Å².